The molecule has 2 aromatic rings. The second-order valence-corrected chi connectivity index (χ2v) is 5.48. The van der Waals surface area contributed by atoms with Crippen molar-refractivity contribution < 1.29 is 0 Å². The molecule has 4 nitrogen and oxygen atoms in total. The number of para-hydroxylation sites is 2. The maximum atomic E-state index is 5.92. The molecule has 3 N–H and O–H groups in total. The van der Waals surface area contributed by atoms with E-state index in [1.165, 1.54) is 0 Å². The van der Waals surface area contributed by atoms with Gasteiger partial charge in [0.25, 0.3) is 0 Å². The van der Waals surface area contributed by atoms with Gasteiger partial charge in [-0.05, 0) is 51.0 Å². The highest BCUT2D eigenvalue weighted by molar-refractivity contribution is 5.74. The van der Waals surface area contributed by atoms with E-state index in [4.69, 9.17) is 5.73 Å². The molecule has 1 aromatic heterocycles. The van der Waals surface area contributed by atoms with Crippen molar-refractivity contribution in [1.82, 2.24) is 14.9 Å². The fourth-order valence-electron chi connectivity index (χ4n) is 2.77. The minimum Gasteiger partial charge on any atom is -0.342 e. The minimum atomic E-state index is 0.423. The molecule has 0 saturated carbocycles. The van der Waals surface area contributed by atoms with Crippen molar-refractivity contribution in [2.75, 3.05) is 19.6 Å². The number of hydrogen-bond donors (Lipinski definition) is 2. The topological polar surface area (TPSA) is 57.9 Å². The Labute approximate surface area is 114 Å². The van der Waals surface area contributed by atoms with Crippen LogP contribution in [0.3, 0.4) is 0 Å². The Kier molecular flexibility index (Phi) is 3.80. The molecule has 0 radical (unpaired) electrons. The molecule has 2 heterocycles. The Morgan fingerprint density at radius 1 is 1.26 bits per heavy atom. The van der Waals surface area contributed by atoms with Crippen LogP contribution >= 0.6 is 0 Å². The number of aromatic nitrogens is 2. The predicted octanol–water partition coefficient (Wildman–Crippen LogP) is 1.92. The van der Waals surface area contributed by atoms with Gasteiger partial charge in [0, 0.05) is 12.5 Å². The maximum absolute atomic E-state index is 5.92. The third-order valence-corrected chi connectivity index (χ3v) is 3.96. The number of likely N-dealkylation sites (tertiary alicyclic amines) is 1. The van der Waals surface area contributed by atoms with Crippen molar-refractivity contribution in [2.45, 2.75) is 31.7 Å². The lowest BCUT2D eigenvalue weighted by Gasteiger charge is -2.29. The van der Waals surface area contributed by atoms with Gasteiger partial charge in [-0.3, -0.25) is 0 Å². The first kappa shape index (κ1) is 12.6. The van der Waals surface area contributed by atoms with Gasteiger partial charge in [-0.25, -0.2) is 4.98 Å². The van der Waals surface area contributed by atoms with Crippen molar-refractivity contribution in [3.05, 3.63) is 30.1 Å². The number of nitrogens with zero attached hydrogens (tertiary/aromatic N) is 2. The number of nitrogens with two attached hydrogens (primary N) is 1. The SMILES string of the molecule is NC1CCN(CCCc2nc3ccccc3[nH]2)CC1. The van der Waals surface area contributed by atoms with Crippen LogP contribution in [-0.4, -0.2) is 40.5 Å². The van der Waals surface area contributed by atoms with Crippen molar-refractivity contribution >= 4 is 11.0 Å². The number of hydrogen-bond acceptors (Lipinski definition) is 3. The molecule has 3 rings (SSSR count). The number of imidazole rings is 1. The van der Waals surface area contributed by atoms with E-state index in [2.05, 4.69) is 27.0 Å². The van der Waals surface area contributed by atoms with Gasteiger partial charge in [0.05, 0.1) is 11.0 Å². The molecule has 1 aliphatic rings. The maximum Gasteiger partial charge on any atom is 0.107 e. The fourth-order valence-corrected chi connectivity index (χ4v) is 2.77. The lowest BCUT2D eigenvalue weighted by molar-refractivity contribution is 0.211. The number of aromatic amines is 1. The molecule has 102 valence electrons. The van der Waals surface area contributed by atoms with Crippen LogP contribution in [0.2, 0.25) is 0 Å². The van der Waals surface area contributed by atoms with Crippen LogP contribution in [0.15, 0.2) is 24.3 Å². The van der Waals surface area contributed by atoms with Crippen molar-refractivity contribution in [3.8, 4) is 0 Å². The van der Waals surface area contributed by atoms with Crippen molar-refractivity contribution in [1.29, 1.82) is 0 Å². The summed E-state index contributed by atoms with van der Waals surface area (Å²) in [5, 5.41) is 0. The molecule has 4 heteroatoms. The molecule has 0 unspecified atom stereocenters. The van der Waals surface area contributed by atoms with Crippen molar-refractivity contribution in [3.63, 3.8) is 0 Å². The minimum absolute atomic E-state index is 0.423. The van der Waals surface area contributed by atoms with Gasteiger partial charge < -0.3 is 15.6 Å². The van der Waals surface area contributed by atoms with Gasteiger partial charge in [0.1, 0.15) is 5.82 Å². The number of benzene rings is 1. The highest BCUT2D eigenvalue weighted by Crippen LogP contribution is 2.13. The molecule has 0 bridgehead atoms. The van der Waals surface area contributed by atoms with Gasteiger partial charge in [-0.1, -0.05) is 12.1 Å². The van der Waals surface area contributed by atoms with Crippen LogP contribution in [0.5, 0.6) is 0 Å². The van der Waals surface area contributed by atoms with Gasteiger partial charge >= 0.3 is 0 Å². The van der Waals surface area contributed by atoms with Gasteiger partial charge in [0.2, 0.25) is 0 Å². The summed E-state index contributed by atoms with van der Waals surface area (Å²) < 4.78 is 0. The summed E-state index contributed by atoms with van der Waals surface area (Å²) in [6, 6.07) is 8.64. The largest absolute Gasteiger partial charge is 0.342 e. The van der Waals surface area contributed by atoms with Crippen LogP contribution < -0.4 is 5.73 Å². The zero-order chi connectivity index (χ0) is 13.1. The second-order valence-electron chi connectivity index (χ2n) is 5.48. The van der Waals surface area contributed by atoms with Gasteiger partial charge in [0.15, 0.2) is 0 Å². The summed E-state index contributed by atoms with van der Waals surface area (Å²) in [5.41, 5.74) is 8.13. The van der Waals surface area contributed by atoms with E-state index in [1.54, 1.807) is 0 Å². The van der Waals surface area contributed by atoms with Crippen LogP contribution in [0.1, 0.15) is 25.1 Å². The third-order valence-electron chi connectivity index (χ3n) is 3.96. The molecule has 0 atom stereocenters. The number of H-pyrrole nitrogens is 1. The summed E-state index contributed by atoms with van der Waals surface area (Å²) >= 11 is 0. The Morgan fingerprint density at radius 3 is 2.84 bits per heavy atom. The quantitative estimate of drug-likeness (QED) is 0.881. The van der Waals surface area contributed by atoms with Crippen LogP contribution in [0.25, 0.3) is 11.0 Å². The number of nitrogens with one attached hydrogen (secondary N) is 1. The summed E-state index contributed by atoms with van der Waals surface area (Å²) in [6.45, 7) is 3.46. The zero-order valence-electron chi connectivity index (χ0n) is 11.3. The van der Waals surface area contributed by atoms with Gasteiger partial charge in [-0.15, -0.1) is 0 Å². The Balaban J connectivity index is 1.49. The summed E-state index contributed by atoms with van der Waals surface area (Å²) in [5.74, 6) is 1.11. The Bertz CT molecular complexity index is 493. The van der Waals surface area contributed by atoms with E-state index in [9.17, 15) is 0 Å². The summed E-state index contributed by atoms with van der Waals surface area (Å²) in [6.07, 6.45) is 4.47. The first-order chi connectivity index (χ1) is 9.31. The number of aryl methyl sites for hydroxylation is 1. The molecule has 0 aliphatic carbocycles. The van der Waals surface area contributed by atoms with Crippen LogP contribution in [0.4, 0.5) is 0 Å². The molecule has 1 fully saturated rings. The number of piperidine rings is 1. The average molecular weight is 258 g/mol. The normalized spacial score (nSPS) is 18.2. The predicted molar refractivity (Wildman–Crippen MR) is 78.1 cm³/mol. The first-order valence-corrected chi connectivity index (χ1v) is 7.23. The second kappa shape index (κ2) is 5.72. The van der Waals surface area contributed by atoms with Gasteiger partial charge in [-0.2, -0.15) is 0 Å². The smallest absolute Gasteiger partial charge is 0.107 e. The highest BCUT2D eigenvalue weighted by Gasteiger charge is 2.15. The third kappa shape index (κ3) is 3.14. The van der Waals surface area contributed by atoms with E-state index < -0.39 is 0 Å². The first-order valence-electron chi connectivity index (χ1n) is 7.23. The summed E-state index contributed by atoms with van der Waals surface area (Å²) in [4.78, 5) is 10.5. The molecule has 1 saturated heterocycles. The highest BCUT2D eigenvalue weighted by atomic mass is 15.1. The van der Waals surface area contributed by atoms with Crippen molar-refractivity contribution in [2.24, 2.45) is 5.73 Å². The summed E-state index contributed by atoms with van der Waals surface area (Å²) in [7, 11) is 0. The number of rotatable bonds is 4. The molecule has 0 spiro atoms. The molecular formula is C15H22N4. The van der Waals surface area contributed by atoms with E-state index in [-0.39, 0.29) is 0 Å². The molecule has 1 aliphatic heterocycles. The van der Waals surface area contributed by atoms with E-state index in [0.29, 0.717) is 6.04 Å². The number of fused-ring (bicyclic) bond motifs is 1. The van der Waals surface area contributed by atoms with E-state index in [0.717, 1.165) is 62.2 Å². The van der Waals surface area contributed by atoms with E-state index >= 15 is 0 Å². The lowest BCUT2D eigenvalue weighted by Crippen LogP contribution is -2.40. The Hall–Kier alpha value is -1.39. The van der Waals surface area contributed by atoms with Crippen LogP contribution in [-0.2, 0) is 6.42 Å². The molecule has 19 heavy (non-hydrogen) atoms. The molecule has 0 amide bonds. The molecule has 1 aromatic carbocycles. The fraction of sp³-hybridized carbons (Fsp3) is 0.533. The Morgan fingerprint density at radius 2 is 2.05 bits per heavy atom. The standard InChI is InChI=1S/C15H22N4/c16-12-7-10-19(11-8-12)9-3-6-15-17-13-4-1-2-5-14(13)18-15/h1-2,4-5,12H,3,6-11,16H2,(H,17,18). The lowest BCUT2D eigenvalue weighted by atomic mass is 10.1. The monoisotopic (exact) mass is 258 g/mol. The average Bonchev–Trinajstić information content (AvgIpc) is 2.83. The van der Waals surface area contributed by atoms with Crippen LogP contribution in [0, 0.1) is 0 Å². The molecular weight excluding hydrogens is 236 g/mol. The zero-order valence-corrected chi connectivity index (χ0v) is 11.3. The van der Waals surface area contributed by atoms with E-state index in [1.807, 2.05) is 12.1 Å².